The minimum absolute atomic E-state index is 0.244. The van der Waals surface area contributed by atoms with Gasteiger partial charge in [-0.2, -0.15) is 0 Å². The predicted molar refractivity (Wildman–Crippen MR) is 121 cm³/mol. The summed E-state index contributed by atoms with van der Waals surface area (Å²) in [6, 6.07) is 17.0. The minimum atomic E-state index is 0.244. The number of hydrogen-bond acceptors (Lipinski definition) is 5. The van der Waals surface area contributed by atoms with Crippen molar-refractivity contribution in [1.29, 1.82) is 0 Å². The highest BCUT2D eigenvalue weighted by molar-refractivity contribution is 5.78. The fourth-order valence-corrected chi connectivity index (χ4v) is 4.91. The van der Waals surface area contributed by atoms with Gasteiger partial charge in [-0.1, -0.05) is 24.3 Å². The summed E-state index contributed by atoms with van der Waals surface area (Å²) >= 11 is 0. The van der Waals surface area contributed by atoms with Gasteiger partial charge >= 0.3 is 0 Å². The topological polar surface area (TPSA) is 45.3 Å². The Balaban J connectivity index is 1.20. The molecule has 5 rings (SSSR count). The maximum Gasteiger partial charge on any atom is 0.236 e. The van der Waals surface area contributed by atoms with Gasteiger partial charge in [-0.05, 0) is 49.2 Å². The maximum atomic E-state index is 13.1. The number of rotatable bonds is 4. The van der Waals surface area contributed by atoms with Gasteiger partial charge in [0.1, 0.15) is 0 Å². The summed E-state index contributed by atoms with van der Waals surface area (Å²) in [7, 11) is 0. The van der Waals surface area contributed by atoms with Crippen LogP contribution in [0.25, 0.3) is 0 Å². The van der Waals surface area contributed by atoms with Gasteiger partial charge in [-0.15, -0.1) is 0 Å². The smallest absolute Gasteiger partial charge is 0.236 e. The molecule has 2 aromatic rings. The Bertz CT molecular complexity index is 896. The van der Waals surface area contributed by atoms with Crippen LogP contribution in [0.4, 0.5) is 5.69 Å². The molecule has 0 aromatic heterocycles. The molecule has 6 heteroatoms. The highest BCUT2D eigenvalue weighted by Gasteiger charge is 2.31. The molecule has 0 spiro atoms. The number of likely N-dealkylation sites (tertiary alicyclic amines) is 1. The van der Waals surface area contributed by atoms with Gasteiger partial charge in [0.25, 0.3) is 0 Å². The number of carbonyl (C=O) groups excluding carboxylic acids is 1. The van der Waals surface area contributed by atoms with E-state index in [0.717, 1.165) is 63.5 Å². The first-order valence-electron chi connectivity index (χ1n) is 11.5. The molecule has 1 amide bonds. The van der Waals surface area contributed by atoms with E-state index in [9.17, 15) is 4.79 Å². The van der Waals surface area contributed by atoms with Crippen molar-refractivity contribution in [2.24, 2.45) is 0 Å². The summed E-state index contributed by atoms with van der Waals surface area (Å²) in [5.41, 5.74) is 2.46. The Morgan fingerprint density at radius 3 is 2.45 bits per heavy atom. The summed E-state index contributed by atoms with van der Waals surface area (Å²) in [5.74, 6) is 1.91. The number of nitrogens with zero attached hydrogens (tertiary/aromatic N) is 3. The molecule has 1 unspecified atom stereocenters. The van der Waals surface area contributed by atoms with Gasteiger partial charge in [-0.3, -0.25) is 9.69 Å². The first-order chi connectivity index (χ1) is 15.3. The molecular weight excluding hydrogens is 390 g/mol. The monoisotopic (exact) mass is 421 g/mol. The van der Waals surface area contributed by atoms with E-state index in [1.807, 2.05) is 17.0 Å². The molecule has 2 aromatic carbocycles. The zero-order chi connectivity index (χ0) is 21.0. The van der Waals surface area contributed by atoms with Crippen molar-refractivity contribution in [1.82, 2.24) is 9.80 Å². The van der Waals surface area contributed by atoms with Crippen molar-refractivity contribution in [2.75, 3.05) is 57.4 Å². The summed E-state index contributed by atoms with van der Waals surface area (Å²) in [5, 5.41) is 0. The average molecular weight is 422 g/mol. The zero-order valence-electron chi connectivity index (χ0n) is 18.0. The van der Waals surface area contributed by atoms with E-state index in [2.05, 4.69) is 46.2 Å². The van der Waals surface area contributed by atoms with Crippen LogP contribution in [0.15, 0.2) is 48.5 Å². The Morgan fingerprint density at radius 2 is 1.65 bits per heavy atom. The molecule has 3 aliphatic heterocycles. The lowest BCUT2D eigenvalue weighted by atomic mass is 10.0. The van der Waals surface area contributed by atoms with E-state index >= 15 is 0 Å². The van der Waals surface area contributed by atoms with Crippen LogP contribution in [0, 0.1) is 0 Å². The third kappa shape index (κ3) is 4.49. The molecule has 164 valence electrons. The summed E-state index contributed by atoms with van der Waals surface area (Å²) in [6.45, 7) is 6.21. The molecule has 0 aliphatic carbocycles. The van der Waals surface area contributed by atoms with Crippen LogP contribution in [0.3, 0.4) is 0 Å². The second-order valence-corrected chi connectivity index (χ2v) is 8.59. The van der Waals surface area contributed by atoms with Crippen molar-refractivity contribution in [3.8, 4) is 11.5 Å². The Hall–Kier alpha value is -2.73. The third-order valence-electron chi connectivity index (χ3n) is 6.61. The predicted octanol–water partition coefficient (Wildman–Crippen LogP) is 3.33. The number of benzene rings is 2. The highest BCUT2D eigenvalue weighted by atomic mass is 16.5. The number of ether oxygens (including phenoxy) is 2. The normalized spacial score (nSPS) is 21.7. The molecule has 0 bridgehead atoms. The van der Waals surface area contributed by atoms with Gasteiger partial charge in [0.05, 0.1) is 19.8 Å². The van der Waals surface area contributed by atoms with Crippen molar-refractivity contribution >= 4 is 11.6 Å². The van der Waals surface area contributed by atoms with Gasteiger partial charge in [0.2, 0.25) is 5.91 Å². The number of carbonyl (C=O) groups is 1. The molecular formula is C25H31N3O3. The molecule has 0 N–H and O–H groups in total. The fraction of sp³-hybridized carbons (Fsp3) is 0.480. The van der Waals surface area contributed by atoms with Crippen LogP contribution in [-0.4, -0.2) is 68.2 Å². The molecule has 1 atom stereocenters. The molecule has 2 saturated heterocycles. The second-order valence-electron chi connectivity index (χ2n) is 8.59. The standard InChI is InChI=1S/C25H31N3O3/c29-25(27-14-12-26(13-15-27)21-6-2-1-3-7-21)19-28-11-4-8-22(28)20-9-10-23-24(18-20)31-17-5-16-30-23/h1-3,6-7,9-10,18,22H,4-5,8,11-17,19H2. The van der Waals surface area contributed by atoms with E-state index in [4.69, 9.17) is 9.47 Å². The molecule has 6 nitrogen and oxygen atoms in total. The third-order valence-corrected chi connectivity index (χ3v) is 6.61. The van der Waals surface area contributed by atoms with E-state index < -0.39 is 0 Å². The maximum absolute atomic E-state index is 13.1. The summed E-state index contributed by atoms with van der Waals surface area (Å²) in [6.07, 6.45) is 3.11. The summed E-state index contributed by atoms with van der Waals surface area (Å²) < 4.78 is 11.7. The SMILES string of the molecule is O=C(CN1CCCC1c1ccc2c(c1)OCCCO2)N1CCN(c2ccccc2)CC1. The second kappa shape index (κ2) is 9.18. The van der Waals surface area contributed by atoms with E-state index in [0.29, 0.717) is 19.8 Å². The zero-order valence-corrected chi connectivity index (χ0v) is 18.0. The number of piperazine rings is 1. The van der Waals surface area contributed by atoms with E-state index in [-0.39, 0.29) is 11.9 Å². The van der Waals surface area contributed by atoms with Crippen molar-refractivity contribution in [3.63, 3.8) is 0 Å². The van der Waals surface area contributed by atoms with Crippen LogP contribution < -0.4 is 14.4 Å². The molecule has 3 heterocycles. The number of fused-ring (bicyclic) bond motifs is 1. The van der Waals surface area contributed by atoms with Gasteiger partial charge < -0.3 is 19.3 Å². The average Bonchev–Trinajstić information content (AvgIpc) is 3.15. The number of anilines is 1. The lowest BCUT2D eigenvalue weighted by Gasteiger charge is -2.37. The Kier molecular flexibility index (Phi) is 5.98. The fourth-order valence-electron chi connectivity index (χ4n) is 4.91. The number of hydrogen-bond donors (Lipinski definition) is 0. The Morgan fingerprint density at radius 1 is 0.871 bits per heavy atom. The molecule has 0 saturated carbocycles. The van der Waals surface area contributed by atoms with Crippen molar-refractivity contribution in [3.05, 3.63) is 54.1 Å². The first kappa shape index (κ1) is 20.2. The molecule has 31 heavy (non-hydrogen) atoms. The quantitative estimate of drug-likeness (QED) is 0.758. The van der Waals surface area contributed by atoms with Gasteiger partial charge in [0.15, 0.2) is 11.5 Å². The van der Waals surface area contributed by atoms with Crippen LogP contribution >= 0.6 is 0 Å². The number of para-hydroxylation sites is 1. The lowest BCUT2D eigenvalue weighted by Crippen LogP contribution is -2.51. The van der Waals surface area contributed by atoms with Crippen LogP contribution in [-0.2, 0) is 4.79 Å². The van der Waals surface area contributed by atoms with E-state index in [1.54, 1.807) is 0 Å². The molecule has 3 aliphatic rings. The number of amides is 1. The first-order valence-corrected chi connectivity index (χ1v) is 11.5. The Labute approximate surface area is 184 Å². The van der Waals surface area contributed by atoms with Gasteiger partial charge in [-0.25, -0.2) is 0 Å². The van der Waals surface area contributed by atoms with Crippen molar-refractivity contribution < 1.29 is 14.3 Å². The van der Waals surface area contributed by atoms with Crippen LogP contribution in [0.1, 0.15) is 30.9 Å². The van der Waals surface area contributed by atoms with E-state index in [1.165, 1.54) is 11.3 Å². The van der Waals surface area contributed by atoms with Crippen molar-refractivity contribution in [2.45, 2.75) is 25.3 Å². The highest BCUT2D eigenvalue weighted by Crippen LogP contribution is 2.37. The minimum Gasteiger partial charge on any atom is -0.490 e. The van der Waals surface area contributed by atoms with Gasteiger partial charge in [0, 0.05) is 44.3 Å². The van der Waals surface area contributed by atoms with Crippen LogP contribution in [0.5, 0.6) is 11.5 Å². The largest absolute Gasteiger partial charge is 0.490 e. The lowest BCUT2D eigenvalue weighted by molar-refractivity contribution is -0.133. The molecule has 2 fully saturated rings. The van der Waals surface area contributed by atoms with Crippen LogP contribution in [0.2, 0.25) is 0 Å². The summed E-state index contributed by atoms with van der Waals surface area (Å²) in [4.78, 5) is 19.8. The molecule has 0 radical (unpaired) electrons.